The third-order valence-corrected chi connectivity index (χ3v) is 5.48. The summed E-state index contributed by atoms with van der Waals surface area (Å²) < 4.78 is 22.7. The molecule has 0 aromatic rings. The lowest BCUT2D eigenvalue weighted by Crippen LogP contribution is -2.51. The smallest absolute Gasteiger partial charge is 0.151 e. The molecule has 2 rings (SSSR count). The molecule has 2 atom stereocenters. The molecule has 0 spiro atoms. The summed E-state index contributed by atoms with van der Waals surface area (Å²) in [5.41, 5.74) is 0. The van der Waals surface area contributed by atoms with Crippen molar-refractivity contribution >= 4 is 9.84 Å². The minimum Gasteiger partial charge on any atom is -0.314 e. The lowest BCUT2D eigenvalue weighted by molar-refractivity contribution is 0.178. The van der Waals surface area contributed by atoms with Gasteiger partial charge in [0.2, 0.25) is 0 Å². The molecule has 0 aliphatic carbocycles. The van der Waals surface area contributed by atoms with Crippen molar-refractivity contribution in [2.75, 3.05) is 44.2 Å². The van der Waals surface area contributed by atoms with Crippen molar-refractivity contribution in [3.63, 3.8) is 0 Å². The van der Waals surface area contributed by atoms with Gasteiger partial charge in [-0.1, -0.05) is 0 Å². The molecule has 2 heterocycles. The molecular formula is C11H23N3O2S. The summed E-state index contributed by atoms with van der Waals surface area (Å²) in [6.07, 6.45) is 0.774. The average Bonchev–Trinajstić information content (AvgIpc) is 2.67. The SMILES string of the molecule is CC(CNC1CCS(=O)(=O)C1)N1CCNCC1. The maximum absolute atomic E-state index is 11.3. The number of nitrogens with zero attached hydrogens (tertiary/aromatic N) is 1. The quantitative estimate of drug-likeness (QED) is 0.684. The lowest BCUT2D eigenvalue weighted by atomic mass is 10.2. The maximum atomic E-state index is 11.3. The predicted molar refractivity (Wildman–Crippen MR) is 69.0 cm³/mol. The molecule has 6 heteroatoms. The molecule has 0 saturated carbocycles. The van der Waals surface area contributed by atoms with E-state index in [1.807, 2.05) is 0 Å². The average molecular weight is 261 g/mol. The molecule has 0 bridgehead atoms. The molecule has 2 aliphatic heterocycles. The zero-order chi connectivity index (χ0) is 12.3. The van der Waals surface area contributed by atoms with Gasteiger partial charge in [0.25, 0.3) is 0 Å². The van der Waals surface area contributed by atoms with Gasteiger partial charge < -0.3 is 10.6 Å². The minimum atomic E-state index is -2.75. The van der Waals surface area contributed by atoms with Crippen molar-refractivity contribution in [1.82, 2.24) is 15.5 Å². The molecule has 0 amide bonds. The molecule has 5 nitrogen and oxygen atoms in total. The van der Waals surface area contributed by atoms with Crippen LogP contribution in [0.2, 0.25) is 0 Å². The van der Waals surface area contributed by atoms with Gasteiger partial charge in [-0.25, -0.2) is 8.42 Å². The molecule has 2 fully saturated rings. The summed E-state index contributed by atoms with van der Waals surface area (Å²) in [5.74, 6) is 0.675. The highest BCUT2D eigenvalue weighted by Gasteiger charge is 2.28. The predicted octanol–water partition coefficient (Wildman–Crippen LogP) is -0.943. The minimum absolute atomic E-state index is 0.172. The maximum Gasteiger partial charge on any atom is 0.151 e. The Morgan fingerprint density at radius 3 is 2.71 bits per heavy atom. The fourth-order valence-corrected chi connectivity index (χ4v) is 4.25. The molecule has 0 radical (unpaired) electrons. The van der Waals surface area contributed by atoms with E-state index in [0.29, 0.717) is 17.5 Å². The number of hydrogen-bond donors (Lipinski definition) is 2. The van der Waals surface area contributed by atoms with Gasteiger partial charge >= 0.3 is 0 Å². The van der Waals surface area contributed by atoms with Crippen LogP contribution in [0.3, 0.4) is 0 Å². The van der Waals surface area contributed by atoms with Crippen molar-refractivity contribution in [3.8, 4) is 0 Å². The van der Waals surface area contributed by atoms with Crippen LogP contribution in [0.25, 0.3) is 0 Å². The van der Waals surface area contributed by atoms with Gasteiger partial charge in [0.05, 0.1) is 11.5 Å². The van der Waals surface area contributed by atoms with Crippen LogP contribution in [0.15, 0.2) is 0 Å². The summed E-state index contributed by atoms with van der Waals surface area (Å²) >= 11 is 0. The van der Waals surface area contributed by atoms with Gasteiger partial charge in [-0.15, -0.1) is 0 Å². The second-order valence-corrected chi connectivity index (χ2v) is 7.37. The van der Waals surface area contributed by atoms with E-state index in [1.165, 1.54) is 0 Å². The first-order valence-corrected chi connectivity index (χ1v) is 8.27. The van der Waals surface area contributed by atoms with Crippen molar-refractivity contribution in [2.24, 2.45) is 0 Å². The summed E-state index contributed by atoms with van der Waals surface area (Å²) in [4.78, 5) is 2.45. The van der Waals surface area contributed by atoms with E-state index in [9.17, 15) is 8.42 Å². The van der Waals surface area contributed by atoms with Gasteiger partial charge in [0.15, 0.2) is 9.84 Å². The summed E-state index contributed by atoms with van der Waals surface area (Å²) in [6, 6.07) is 0.658. The number of nitrogens with one attached hydrogen (secondary N) is 2. The molecule has 2 N–H and O–H groups in total. The van der Waals surface area contributed by atoms with Crippen LogP contribution in [0.5, 0.6) is 0 Å². The summed E-state index contributed by atoms with van der Waals surface area (Å²) in [6.45, 7) is 7.39. The van der Waals surface area contributed by atoms with Crippen LogP contribution in [-0.2, 0) is 9.84 Å². The Balaban J connectivity index is 1.71. The fourth-order valence-electron chi connectivity index (χ4n) is 2.55. The second kappa shape index (κ2) is 5.65. The zero-order valence-corrected chi connectivity index (χ0v) is 11.3. The number of hydrogen-bond acceptors (Lipinski definition) is 5. The Hall–Kier alpha value is -0.170. The number of sulfone groups is 1. The first kappa shape index (κ1) is 13.3. The highest BCUT2D eigenvalue weighted by molar-refractivity contribution is 7.91. The van der Waals surface area contributed by atoms with Gasteiger partial charge in [0, 0.05) is 44.8 Å². The van der Waals surface area contributed by atoms with Gasteiger partial charge in [-0.2, -0.15) is 0 Å². The molecule has 2 aliphatic rings. The molecule has 2 unspecified atom stereocenters. The number of rotatable bonds is 4. The molecular weight excluding hydrogens is 238 g/mol. The van der Waals surface area contributed by atoms with Crippen LogP contribution in [0.1, 0.15) is 13.3 Å². The first-order valence-electron chi connectivity index (χ1n) is 6.45. The molecule has 100 valence electrons. The third kappa shape index (κ3) is 3.91. The zero-order valence-electron chi connectivity index (χ0n) is 10.5. The van der Waals surface area contributed by atoms with Crippen molar-refractivity contribution in [1.29, 1.82) is 0 Å². The van der Waals surface area contributed by atoms with Crippen LogP contribution >= 0.6 is 0 Å². The van der Waals surface area contributed by atoms with Crippen molar-refractivity contribution in [2.45, 2.75) is 25.4 Å². The topological polar surface area (TPSA) is 61.4 Å². The molecule has 17 heavy (non-hydrogen) atoms. The van der Waals surface area contributed by atoms with E-state index in [-0.39, 0.29) is 6.04 Å². The Morgan fingerprint density at radius 2 is 2.12 bits per heavy atom. The van der Waals surface area contributed by atoms with E-state index < -0.39 is 9.84 Å². The number of piperazine rings is 1. The Morgan fingerprint density at radius 1 is 1.41 bits per heavy atom. The fraction of sp³-hybridized carbons (Fsp3) is 1.00. The van der Waals surface area contributed by atoms with Gasteiger partial charge in [-0.05, 0) is 13.3 Å². The van der Waals surface area contributed by atoms with Crippen LogP contribution in [0, 0.1) is 0 Å². The van der Waals surface area contributed by atoms with E-state index in [0.717, 1.165) is 39.1 Å². The third-order valence-electron chi connectivity index (χ3n) is 3.71. The highest BCUT2D eigenvalue weighted by Crippen LogP contribution is 2.11. The second-order valence-electron chi connectivity index (χ2n) is 5.14. The standard InChI is InChI=1S/C11H23N3O2S/c1-10(14-5-3-12-4-6-14)8-13-11-2-7-17(15,16)9-11/h10-13H,2-9H2,1H3. The van der Waals surface area contributed by atoms with Gasteiger partial charge in [-0.3, -0.25) is 4.90 Å². The lowest BCUT2D eigenvalue weighted by Gasteiger charge is -2.33. The van der Waals surface area contributed by atoms with Crippen LogP contribution in [0.4, 0.5) is 0 Å². The largest absolute Gasteiger partial charge is 0.314 e. The molecule has 0 aromatic carbocycles. The summed E-state index contributed by atoms with van der Waals surface area (Å²) in [5, 5.41) is 6.73. The monoisotopic (exact) mass is 261 g/mol. The van der Waals surface area contributed by atoms with E-state index in [1.54, 1.807) is 0 Å². The molecule has 0 aromatic heterocycles. The highest BCUT2D eigenvalue weighted by atomic mass is 32.2. The van der Waals surface area contributed by atoms with Gasteiger partial charge in [0.1, 0.15) is 0 Å². The van der Waals surface area contributed by atoms with Crippen molar-refractivity contribution in [3.05, 3.63) is 0 Å². The molecule has 2 saturated heterocycles. The van der Waals surface area contributed by atoms with E-state index >= 15 is 0 Å². The van der Waals surface area contributed by atoms with Crippen molar-refractivity contribution < 1.29 is 8.42 Å². The van der Waals surface area contributed by atoms with Crippen LogP contribution < -0.4 is 10.6 Å². The van der Waals surface area contributed by atoms with E-state index in [2.05, 4.69) is 22.5 Å². The Kier molecular flexibility index (Phi) is 4.41. The van der Waals surface area contributed by atoms with Crippen LogP contribution in [-0.4, -0.2) is 69.6 Å². The van der Waals surface area contributed by atoms with E-state index in [4.69, 9.17) is 0 Å². The first-order chi connectivity index (χ1) is 8.07. The Labute approximate surface area is 104 Å². The normalized spacial score (nSPS) is 31.5. The summed E-state index contributed by atoms with van der Waals surface area (Å²) in [7, 11) is -2.75. The Bertz CT molecular complexity index is 339.